The number of phenolic OH excluding ortho intramolecular Hbond substituents is 1. The number of anilines is 1. The Labute approximate surface area is 107 Å². The Hall–Kier alpha value is -0.740. The van der Waals surface area contributed by atoms with Crippen LogP contribution in [0.2, 0.25) is 5.02 Å². The number of phenols is 1. The molecule has 0 saturated carbocycles. The van der Waals surface area contributed by atoms with E-state index in [0.717, 1.165) is 5.33 Å². The summed E-state index contributed by atoms with van der Waals surface area (Å²) in [6, 6.07) is 4.72. The van der Waals surface area contributed by atoms with Gasteiger partial charge in [-0.3, -0.25) is 4.79 Å². The normalized spacial score (nSPS) is 20.5. The molecular formula is C11H11BrClNO2. The predicted molar refractivity (Wildman–Crippen MR) is 67.4 cm³/mol. The fourth-order valence-corrected chi connectivity index (χ4v) is 2.43. The monoisotopic (exact) mass is 303 g/mol. The highest BCUT2D eigenvalue weighted by molar-refractivity contribution is 9.09. The fraction of sp³-hybridized carbons (Fsp3) is 0.364. The van der Waals surface area contributed by atoms with E-state index in [0.29, 0.717) is 29.6 Å². The summed E-state index contributed by atoms with van der Waals surface area (Å²) < 4.78 is 0. The second kappa shape index (κ2) is 4.63. The molecule has 1 aliphatic rings. The number of carbonyl (C=O) groups is 1. The first-order valence-corrected chi connectivity index (χ1v) is 6.46. The lowest BCUT2D eigenvalue weighted by Crippen LogP contribution is -2.24. The average Bonchev–Trinajstić information content (AvgIpc) is 2.63. The van der Waals surface area contributed by atoms with Crippen molar-refractivity contribution in [3.63, 3.8) is 0 Å². The van der Waals surface area contributed by atoms with E-state index in [-0.39, 0.29) is 11.7 Å². The summed E-state index contributed by atoms with van der Waals surface area (Å²) in [7, 11) is 0. The number of amides is 1. The summed E-state index contributed by atoms with van der Waals surface area (Å²) >= 11 is 9.22. The van der Waals surface area contributed by atoms with Crippen LogP contribution in [0.1, 0.15) is 6.42 Å². The second-order valence-corrected chi connectivity index (χ2v) is 4.95. The number of carbonyl (C=O) groups excluding carboxylic acids is 1. The van der Waals surface area contributed by atoms with Crippen LogP contribution < -0.4 is 4.90 Å². The minimum atomic E-state index is 0.0296. The summed E-state index contributed by atoms with van der Waals surface area (Å²) in [4.78, 5) is 13.3. The molecule has 1 aromatic rings. The number of hydrogen-bond acceptors (Lipinski definition) is 2. The molecular weight excluding hydrogens is 293 g/mol. The van der Waals surface area contributed by atoms with Crippen molar-refractivity contribution in [3.8, 4) is 5.75 Å². The summed E-state index contributed by atoms with van der Waals surface area (Å²) in [6.45, 7) is 0.623. The number of rotatable bonds is 2. The zero-order valence-corrected chi connectivity index (χ0v) is 10.8. The lowest BCUT2D eigenvalue weighted by Gasteiger charge is -2.17. The summed E-state index contributed by atoms with van der Waals surface area (Å²) in [5.74, 6) is 0.417. The molecule has 0 spiro atoms. The quantitative estimate of drug-likeness (QED) is 0.854. The molecule has 0 radical (unpaired) electrons. The Bertz CT molecular complexity index is 424. The lowest BCUT2D eigenvalue weighted by molar-refractivity contribution is -0.117. The van der Waals surface area contributed by atoms with Crippen molar-refractivity contribution in [2.24, 2.45) is 5.92 Å². The predicted octanol–water partition coefficient (Wildman–Crippen LogP) is 2.79. The van der Waals surface area contributed by atoms with Gasteiger partial charge in [-0.05, 0) is 24.1 Å². The van der Waals surface area contributed by atoms with E-state index in [1.807, 2.05) is 0 Å². The Morgan fingerprint density at radius 3 is 2.94 bits per heavy atom. The Morgan fingerprint density at radius 2 is 2.31 bits per heavy atom. The number of nitrogens with zero attached hydrogens (tertiary/aromatic N) is 1. The molecule has 2 rings (SSSR count). The van der Waals surface area contributed by atoms with Crippen LogP contribution in [0.15, 0.2) is 18.2 Å². The highest BCUT2D eigenvalue weighted by atomic mass is 79.9. The molecule has 1 aliphatic heterocycles. The van der Waals surface area contributed by atoms with Crippen molar-refractivity contribution in [2.45, 2.75) is 6.42 Å². The van der Waals surface area contributed by atoms with Crippen molar-refractivity contribution in [3.05, 3.63) is 23.2 Å². The van der Waals surface area contributed by atoms with Gasteiger partial charge in [0.1, 0.15) is 5.75 Å². The molecule has 16 heavy (non-hydrogen) atoms. The van der Waals surface area contributed by atoms with Crippen LogP contribution in [0.3, 0.4) is 0 Å². The Morgan fingerprint density at radius 1 is 1.56 bits per heavy atom. The van der Waals surface area contributed by atoms with Gasteiger partial charge in [-0.25, -0.2) is 0 Å². The number of alkyl halides is 1. The fourth-order valence-electron chi connectivity index (χ4n) is 1.83. The molecule has 1 unspecified atom stereocenters. The Kier molecular flexibility index (Phi) is 3.40. The highest BCUT2D eigenvalue weighted by Gasteiger charge is 2.31. The van der Waals surface area contributed by atoms with E-state index in [9.17, 15) is 9.90 Å². The molecule has 0 aromatic heterocycles. The molecule has 5 heteroatoms. The van der Waals surface area contributed by atoms with Gasteiger partial charge in [-0.15, -0.1) is 0 Å². The third-order valence-corrected chi connectivity index (χ3v) is 3.80. The standard InChI is InChI=1S/C11H11BrClNO2/c12-5-7-3-11(16)14(6-7)9-4-8(13)1-2-10(9)15/h1-2,4,7,15H,3,5-6H2. The first-order valence-electron chi connectivity index (χ1n) is 4.96. The van der Waals surface area contributed by atoms with Crippen LogP contribution in [-0.4, -0.2) is 22.9 Å². The molecule has 1 saturated heterocycles. The molecule has 1 aromatic carbocycles. The lowest BCUT2D eigenvalue weighted by atomic mass is 10.2. The number of halogens is 2. The average molecular weight is 305 g/mol. The number of benzene rings is 1. The highest BCUT2D eigenvalue weighted by Crippen LogP contribution is 2.34. The SMILES string of the molecule is O=C1CC(CBr)CN1c1cc(Cl)ccc1O. The number of hydrogen-bond donors (Lipinski definition) is 1. The molecule has 1 fully saturated rings. The minimum Gasteiger partial charge on any atom is -0.506 e. The van der Waals surface area contributed by atoms with Gasteiger partial charge in [-0.2, -0.15) is 0 Å². The van der Waals surface area contributed by atoms with E-state index >= 15 is 0 Å². The van der Waals surface area contributed by atoms with E-state index in [4.69, 9.17) is 11.6 Å². The van der Waals surface area contributed by atoms with Gasteiger partial charge in [0.15, 0.2) is 0 Å². The van der Waals surface area contributed by atoms with Crippen molar-refractivity contribution in [1.82, 2.24) is 0 Å². The van der Waals surface area contributed by atoms with Gasteiger partial charge >= 0.3 is 0 Å². The molecule has 0 aliphatic carbocycles. The van der Waals surface area contributed by atoms with Gasteiger partial charge in [-0.1, -0.05) is 27.5 Å². The summed E-state index contributed by atoms with van der Waals surface area (Å²) in [6.07, 6.45) is 0.511. The number of aromatic hydroxyl groups is 1. The van der Waals surface area contributed by atoms with Crippen LogP contribution in [0.4, 0.5) is 5.69 Å². The van der Waals surface area contributed by atoms with Crippen LogP contribution in [0, 0.1) is 5.92 Å². The van der Waals surface area contributed by atoms with Crippen LogP contribution in [-0.2, 0) is 4.79 Å². The van der Waals surface area contributed by atoms with Gasteiger partial charge in [0.05, 0.1) is 5.69 Å². The third kappa shape index (κ3) is 2.18. The molecule has 1 atom stereocenters. The van der Waals surface area contributed by atoms with E-state index in [1.165, 1.54) is 6.07 Å². The van der Waals surface area contributed by atoms with Crippen LogP contribution in [0.5, 0.6) is 5.75 Å². The molecule has 0 bridgehead atoms. The zero-order valence-electron chi connectivity index (χ0n) is 8.49. The summed E-state index contributed by atoms with van der Waals surface area (Å²) in [5.41, 5.74) is 0.501. The van der Waals surface area contributed by atoms with Crippen molar-refractivity contribution in [1.29, 1.82) is 0 Å². The van der Waals surface area contributed by atoms with Crippen molar-refractivity contribution >= 4 is 39.1 Å². The maximum atomic E-state index is 11.8. The first-order chi connectivity index (χ1) is 7.61. The van der Waals surface area contributed by atoms with Crippen LogP contribution in [0.25, 0.3) is 0 Å². The molecule has 1 amide bonds. The first kappa shape index (κ1) is 11.7. The smallest absolute Gasteiger partial charge is 0.227 e. The van der Waals surface area contributed by atoms with Crippen LogP contribution >= 0.6 is 27.5 Å². The van der Waals surface area contributed by atoms with Gasteiger partial charge in [0.2, 0.25) is 5.91 Å². The van der Waals surface area contributed by atoms with Crippen molar-refractivity contribution in [2.75, 3.05) is 16.8 Å². The van der Waals surface area contributed by atoms with E-state index in [1.54, 1.807) is 17.0 Å². The van der Waals surface area contributed by atoms with E-state index < -0.39 is 0 Å². The zero-order chi connectivity index (χ0) is 11.7. The molecule has 3 nitrogen and oxygen atoms in total. The maximum Gasteiger partial charge on any atom is 0.227 e. The Balaban J connectivity index is 2.30. The van der Waals surface area contributed by atoms with Crippen molar-refractivity contribution < 1.29 is 9.90 Å². The molecule has 1 heterocycles. The van der Waals surface area contributed by atoms with E-state index in [2.05, 4.69) is 15.9 Å². The van der Waals surface area contributed by atoms with Gasteiger partial charge in [0.25, 0.3) is 0 Å². The molecule has 1 N–H and O–H groups in total. The third-order valence-electron chi connectivity index (χ3n) is 2.65. The second-order valence-electron chi connectivity index (χ2n) is 3.86. The molecule has 86 valence electrons. The minimum absolute atomic E-state index is 0.0296. The maximum absolute atomic E-state index is 11.8. The van der Waals surface area contributed by atoms with Gasteiger partial charge in [0, 0.05) is 23.3 Å². The topological polar surface area (TPSA) is 40.5 Å². The summed E-state index contributed by atoms with van der Waals surface area (Å²) in [5, 5.41) is 11.0. The van der Waals surface area contributed by atoms with Gasteiger partial charge < -0.3 is 10.0 Å². The largest absolute Gasteiger partial charge is 0.506 e.